The van der Waals surface area contributed by atoms with Crippen LogP contribution in [-0.2, 0) is 9.53 Å². The predicted octanol–water partition coefficient (Wildman–Crippen LogP) is -0.0697. The van der Waals surface area contributed by atoms with Gasteiger partial charge in [-0.05, 0) is 13.8 Å². The van der Waals surface area contributed by atoms with Gasteiger partial charge >= 0.3 is 0 Å². The SMILES string of the molecule is CC1(C)C(=O)COC1O. The number of ether oxygens (including phenoxy) is 1. The van der Waals surface area contributed by atoms with Gasteiger partial charge in [0.05, 0.1) is 5.41 Å². The summed E-state index contributed by atoms with van der Waals surface area (Å²) in [5.41, 5.74) is -0.694. The van der Waals surface area contributed by atoms with E-state index < -0.39 is 11.7 Å². The molecule has 0 amide bonds. The van der Waals surface area contributed by atoms with Gasteiger partial charge in [0.2, 0.25) is 0 Å². The van der Waals surface area contributed by atoms with Gasteiger partial charge in [-0.15, -0.1) is 0 Å². The van der Waals surface area contributed by atoms with Crippen LogP contribution in [0.1, 0.15) is 13.8 Å². The molecule has 0 radical (unpaired) electrons. The molecular weight excluding hydrogens is 120 g/mol. The third kappa shape index (κ3) is 0.862. The Hall–Kier alpha value is -0.410. The van der Waals surface area contributed by atoms with Gasteiger partial charge in [0.1, 0.15) is 6.61 Å². The molecule has 3 heteroatoms. The number of aliphatic hydroxyl groups excluding tert-OH is 1. The lowest BCUT2D eigenvalue weighted by molar-refractivity contribution is -0.129. The summed E-state index contributed by atoms with van der Waals surface area (Å²) in [5.74, 6) is -0.0324. The van der Waals surface area contributed by atoms with Gasteiger partial charge in [0, 0.05) is 0 Å². The minimum Gasteiger partial charge on any atom is -0.367 e. The van der Waals surface area contributed by atoms with E-state index in [9.17, 15) is 4.79 Å². The number of rotatable bonds is 0. The molecule has 0 aliphatic carbocycles. The zero-order valence-corrected chi connectivity index (χ0v) is 5.55. The molecule has 1 aliphatic rings. The van der Waals surface area contributed by atoms with Crippen LogP contribution in [0.3, 0.4) is 0 Å². The second kappa shape index (κ2) is 1.78. The van der Waals surface area contributed by atoms with Crippen LogP contribution in [0.2, 0.25) is 0 Å². The smallest absolute Gasteiger partial charge is 0.169 e. The molecular formula is C6H10O3. The van der Waals surface area contributed by atoms with Crippen molar-refractivity contribution >= 4 is 5.78 Å². The summed E-state index contributed by atoms with van der Waals surface area (Å²) in [7, 11) is 0. The summed E-state index contributed by atoms with van der Waals surface area (Å²) in [6.45, 7) is 3.40. The van der Waals surface area contributed by atoms with Crippen LogP contribution in [0.4, 0.5) is 0 Å². The van der Waals surface area contributed by atoms with Crippen molar-refractivity contribution in [1.29, 1.82) is 0 Å². The van der Waals surface area contributed by atoms with E-state index in [1.807, 2.05) is 0 Å². The van der Waals surface area contributed by atoms with Crippen LogP contribution in [0, 0.1) is 5.41 Å². The molecule has 0 bridgehead atoms. The van der Waals surface area contributed by atoms with Crippen LogP contribution in [0.15, 0.2) is 0 Å². The fraction of sp³-hybridized carbons (Fsp3) is 0.833. The quantitative estimate of drug-likeness (QED) is 0.499. The monoisotopic (exact) mass is 130 g/mol. The number of hydrogen-bond acceptors (Lipinski definition) is 3. The van der Waals surface area contributed by atoms with Gasteiger partial charge in [0.15, 0.2) is 12.1 Å². The second-order valence-electron chi connectivity index (χ2n) is 2.81. The minimum absolute atomic E-state index is 0.0324. The van der Waals surface area contributed by atoms with Crippen LogP contribution < -0.4 is 0 Å². The molecule has 0 aromatic carbocycles. The molecule has 1 heterocycles. The Morgan fingerprint density at radius 1 is 1.78 bits per heavy atom. The highest BCUT2D eigenvalue weighted by molar-refractivity contribution is 5.87. The first-order valence-corrected chi connectivity index (χ1v) is 2.88. The molecule has 3 nitrogen and oxygen atoms in total. The highest BCUT2D eigenvalue weighted by Gasteiger charge is 2.42. The molecule has 1 saturated heterocycles. The maximum atomic E-state index is 10.8. The van der Waals surface area contributed by atoms with Gasteiger partial charge in [-0.25, -0.2) is 0 Å². The molecule has 1 N–H and O–H groups in total. The third-order valence-corrected chi connectivity index (χ3v) is 1.71. The predicted molar refractivity (Wildman–Crippen MR) is 30.7 cm³/mol. The van der Waals surface area contributed by atoms with E-state index in [1.165, 1.54) is 0 Å². The second-order valence-corrected chi connectivity index (χ2v) is 2.81. The Morgan fingerprint density at radius 2 is 2.33 bits per heavy atom. The van der Waals surface area contributed by atoms with Gasteiger partial charge in [-0.1, -0.05) is 0 Å². The fourth-order valence-electron chi connectivity index (χ4n) is 0.687. The third-order valence-electron chi connectivity index (χ3n) is 1.71. The normalized spacial score (nSPS) is 33.2. The van der Waals surface area contributed by atoms with Crippen molar-refractivity contribution in [3.63, 3.8) is 0 Å². The number of carbonyl (C=O) groups is 1. The Balaban J connectivity index is 2.78. The molecule has 0 spiro atoms. The summed E-state index contributed by atoms with van der Waals surface area (Å²) < 4.78 is 4.69. The van der Waals surface area contributed by atoms with Crippen molar-refractivity contribution in [3.05, 3.63) is 0 Å². The van der Waals surface area contributed by atoms with Crippen molar-refractivity contribution in [2.75, 3.05) is 6.61 Å². The zero-order chi connectivity index (χ0) is 7.07. The van der Waals surface area contributed by atoms with E-state index in [0.29, 0.717) is 0 Å². The molecule has 1 rings (SSSR count). The van der Waals surface area contributed by atoms with E-state index in [2.05, 4.69) is 4.74 Å². The van der Waals surface area contributed by atoms with Crippen LogP contribution >= 0.6 is 0 Å². The topological polar surface area (TPSA) is 46.5 Å². The highest BCUT2D eigenvalue weighted by atomic mass is 16.6. The molecule has 1 atom stereocenters. The van der Waals surface area contributed by atoms with Crippen molar-refractivity contribution < 1.29 is 14.6 Å². The van der Waals surface area contributed by atoms with E-state index >= 15 is 0 Å². The van der Waals surface area contributed by atoms with Gasteiger partial charge < -0.3 is 9.84 Å². The number of ketones is 1. The molecule has 1 aliphatic heterocycles. The standard InChI is InChI=1S/C6H10O3/c1-6(2)4(7)3-9-5(6)8/h5,8H,3H2,1-2H3. The number of aliphatic hydroxyl groups is 1. The number of hydrogen-bond donors (Lipinski definition) is 1. The maximum Gasteiger partial charge on any atom is 0.169 e. The van der Waals surface area contributed by atoms with Crippen LogP contribution in [-0.4, -0.2) is 23.8 Å². The van der Waals surface area contributed by atoms with Crippen LogP contribution in [0.25, 0.3) is 0 Å². The molecule has 9 heavy (non-hydrogen) atoms. The van der Waals surface area contributed by atoms with Gasteiger partial charge in [0.25, 0.3) is 0 Å². The Labute approximate surface area is 53.6 Å². The highest BCUT2D eigenvalue weighted by Crippen LogP contribution is 2.28. The number of Topliss-reactive ketones (excluding diaryl/α,β-unsaturated/α-hetero) is 1. The van der Waals surface area contributed by atoms with Crippen molar-refractivity contribution in [1.82, 2.24) is 0 Å². The average Bonchev–Trinajstić information content (AvgIpc) is 1.96. The Morgan fingerprint density at radius 3 is 2.44 bits per heavy atom. The first-order valence-electron chi connectivity index (χ1n) is 2.88. The lowest BCUT2D eigenvalue weighted by Crippen LogP contribution is -2.29. The van der Waals surface area contributed by atoms with Gasteiger partial charge in [-0.2, -0.15) is 0 Å². The van der Waals surface area contributed by atoms with Crippen molar-refractivity contribution in [2.45, 2.75) is 20.1 Å². The van der Waals surface area contributed by atoms with Crippen molar-refractivity contribution in [3.8, 4) is 0 Å². The van der Waals surface area contributed by atoms with Crippen LogP contribution in [0.5, 0.6) is 0 Å². The Bertz CT molecular complexity index is 139. The van der Waals surface area contributed by atoms with Gasteiger partial charge in [-0.3, -0.25) is 4.79 Å². The van der Waals surface area contributed by atoms with E-state index in [-0.39, 0.29) is 12.4 Å². The molecule has 1 fully saturated rings. The number of carbonyl (C=O) groups excluding carboxylic acids is 1. The minimum atomic E-state index is -0.912. The van der Waals surface area contributed by atoms with E-state index in [1.54, 1.807) is 13.8 Å². The summed E-state index contributed by atoms with van der Waals surface area (Å²) in [6.07, 6.45) is -0.912. The molecule has 0 saturated carbocycles. The summed E-state index contributed by atoms with van der Waals surface area (Å²) in [6, 6.07) is 0. The Kier molecular flexibility index (Phi) is 1.33. The molecule has 1 unspecified atom stereocenters. The maximum absolute atomic E-state index is 10.8. The first-order chi connectivity index (χ1) is 4.05. The zero-order valence-electron chi connectivity index (χ0n) is 5.55. The summed E-state index contributed by atoms with van der Waals surface area (Å²) >= 11 is 0. The largest absolute Gasteiger partial charge is 0.367 e. The molecule has 0 aromatic heterocycles. The van der Waals surface area contributed by atoms with E-state index in [4.69, 9.17) is 5.11 Å². The van der Waals surface area contributed by atoms with E-state index in [0.717, 1.165) is 0 Å². The molecule has 52 valence electrons. The van der Waals surface area contributed by atoms with Crippen molar-refractivity contribution in [2.24, 2.45) is 5.41 Å². The lowest BCUT2D eigenvalue weighted by atomic mass is 9.90. The fourth-order valence-corrected chi connectivity index (χ4v) is 0.687. The first kappa shape index (κ1) is 6.71. The molecule has 0 aromatic rings. The average molecular weight is 130 g/mol. The lowest BCUT2D eigenvalue weighted by Gasteiger charge is -2.17. The summed E-state index contributed by atoms with van der Waals surface area (Å²) in [4.78, 5) is 10.8. The summed E-state index contributed by atoms with van der Waals surface area (Å²) in [5, 5.41) is 8.98.